The number of fused-ring (bicyclic) bond motifs is 1. The van der Waals surface area contributed by atoms with Crippen LogP contribution >= 0.6 is 0 Å². The number of carbonyl (C=O) groups is 1. The van der Waals surface area contributed by atoms with Gasteiger partial charge in [-0.2, -0.15) is 0 Å². The largest absolute Gasteiger partial charge is 0.478 e. The highest BCUT2D eigenvalue weighted by Gasteiger charge is 2.17. The number of benzene rings is 2. The molecule has 0 aliphatic rings. The van der Waals surface area contributed by atoms with E-state index in [1.165, 1.54) is 18.2 Å². The van der Waals surface area contributed by atoms with Gasteiger partial charge in [-0.25, -0.2) is 22.6 Å². The maximum Gasteiger partial charge on any atom is 0.338 e. The van der Waals surface area contributed by atoms with Gasteiger partial charge in [0.25, 0.3) is 0 Å². The number of aromatic carboxylic acids is 1. The lowest BCUT2D eigenvalue weighted by Crippen LogP contribution is -2.01. The van der Waals surface area contributed by atoms with Gasteiger partial charge in [0, 0.05) is 12.1 Å². The van der Waals surface area contributed by atoms with Crippen molar-refractivity contribution in [2.24, 2.45) is 0 Å². The third-order valence-electron chi connectivity index (χ3n) is 2.92. The second-order valence-corrected chi connectivity index (χ2v) is 4.20. The molecule has 8 heteroatoms. The molecule has 0 aliphatic carbocycles. The molecule has 0 aliphatic heterocycles. The molecule has 0 unspecified atom stereocenters. The molecular weight excluding hydrogens is 287 g/mol. The Bertz CT molecular complexity index is 853. The van der Waals surface area contributed by atoms with Crippen LogP contribution in [0, 0.1) is 17.5 Å². The van der Waals surface area contributed by atoms with Crippen molar-refractivity contribution in [3.8, 4) is 5.69 Å². The number of nitrogens with zero attached hydrogens (tertiary/aromatic N) is 3. The monoisotopic (exact) mass is 293 g/mol. The van der Waals surface area contributed by atoms with Gasteiger partial charge < -0.3 is 5.11 Å². The first-order valence-corrected chi connectivity index (χ1v) is 5.71. The van der Waals surface area contributed by atoms with Gasteiger partial charge in [-0.1, -0.05) is 11.3 Å². The topological polar surface area (TPSA) is 68.0 Å². The van der Waals surface area contributed by atoms with E-state index >= 15 is 0 Å². The molecule has 0 saturated carbocycles. The van der Waals surface area contributed by atoms with Crippen LogP contribution in [0.1, 0.15) is 10.4 Å². The summed E-state index contributed by atoms with van der Waals surface area (Å²) in [7, 11) is 0. The summed E-state index contributed by atoms with van der Waals surface area (Å²) in [5.41, 5.74) is 0.105. The predicted octanol–water partition coefficient (Wildman–Crippen LogP) is 2.54. The number of carboxylic acid groups (broad SMARTS) is 1. The minimum absolute atomic E-state index is 0.0649. The second kappa shape index (κ2) is 4.58. The van der Waals surface area contributed by atoms with Gasteiger partial charge in [0.1, 0.15) is 5.52 Å². The first-order chi connectivity index (χ1) is 9.99. The van der Waals surface area contributed by atoms with Crippen LogP contribution in [0.25, 0.3) is 16.7 Å². The van der Waals surface area contributed by atoms with Crippen LogP contribution in [0.15, 0.2) is 30.3 Å². The Labute approximate surface area is 115 Å². The van der Waals surface area contributed by atoms with Gasteiger partial charge >= 0.3 is 5.97 Å². The molecule has 0 atom stereocenters. The van der Waals surface area contributed by atoms with Gasteiger partial charge in [0.15, 0.2) is 17.5 Å². The average Bonchev–Trinajstić information content (AvgIpc) is 2.87. The molecule has 3 rings (SSSR count). The first kappa shape index (κ1) is 13.1. The van der Waals surface area contributed by atoms with E-state index in [1.54, 1.807) is 0 Å². The molecule has 0 spiro atoms. The highest BCUT2D eigenvalue weighted by atomic mass is 19.2. The zero-order valence-electron chi connectivity index (χ0n) is 10.2. The van der Waals surface area contributed by atoms with Crippen molar-refractivity contribution in [2.75, 3.05) is 0 Å². The van der Waals surface area contributed by atoms with Crippen molar-refractivity contribution < 1.29 is 23.1 Å². The highest BCUT2D eigenvalue weighted by molar-refractivity contribution is 6.00. The van der Waals surface area contributed by atoms with Crippen LogP contribution < -0.4 is 0 Å². The lowest BCUT2D eigenvalue weighted by Gasteiger charge is -2.04. The first-order valence-electron chi connectivity index (χ1n) is 5.71. The Kier molecular flexibility index (Phi) is 2.86. The molecule has 106 valence electrons. The summed E-state index contributed by atoms with van der Waals surface area (Å²) in [5, 5.41) is 16.4. The Morgan fingerprint density at radius 3 is 2.43 bits per heavy atom. The third kappa shape index (κ3) is 2.00. The molecular formula is C13H6F3N3O2. The van der Waals surface area contributed by atoms with Crippen LogP contribution in [0.5, 0.6) is 0 Å². The lowest BCUT2D eigenvalue weighted by atomic mass is 10.2. The van der Waals surface area contributed by atoms with Crippen LogP contribution in [0.3, 0.4) is 0 Å². The minimum Gasteiger partial charge on any atom is -0.478 e. The third-order valence-corrected chi connectivity index (χ3v) is 2.92. The predicted molar refractivity (Wildman–Crippen MR) is 65.7 cm³/mol. The average molecular weight is 293 g/mol. The molecule has 1 N–H and O–H groups in total. The van der Waals surface area contributed by atoms with E-state index in [4.69, 9.17) is 5.11 Å². The number of aromatic nitrogens is 3. The summed E-state index contributed by atoms with van der Waals surface area (Å²) >= 11 is 0. The summed E-state index contributed by atoms with van der Waals surface area (Å²) in [5.74, 6) is -5.54. The Hall–Kier alpha value is -2.90. The number of hydrogen-bond acceptors (Lipinski definition) is 3. The SMILES string of the molecule is O=C(O)c1cccc2c1nnn2-c1cc(F)c(F)c(F)c1. The molecule has 3 aromatic rings. The zero-order chi connectivity index (χ0) is 15.1. The maximum atomic E-state index is 13.3. The second-order valence-electron chi connectivity index (χ2n) is 4.20. The standard InChI is InChI=1S/C13H6F3N3O2/c14-8-4-6(5-9(15)11(8)16)19-10-3-1-2-7(13(20)21)12(10)17-18-19/h1-5H,(H,20,21). The molecule has 1 aromatic heterocycles. The summed E-state index contributed by atoms with van der Waals surface area (Å²) in [6, 6.07) is 5.76. The van der Waals surface area contributed by atoms with Crippen molar-refractivity contribution in [2.45, 2.75) is 0 Å². The molecule has 0 amide bonds. The lowest BCUT2D eigenvalue weighted by molar-refractivity contribution is 0.0699. The zero-order valence-corrected chi connectivity index (χ0v) is 10.2. The molecule has 0 radical (unpaired) electrons. The van der Waals surface area contributed by atoms with Crippen LogP contribution in [0.4, 0.5) is 13.2 Å². The van der Waals surface area contributed by atoms with Crippen molar-refractivity contribution >= 4 is 17.0 Å². The van der Waals surface area contributed by atoms with E-state index in [0.29, 0.717) is 0 Å². The fourth-order valence-corrected chi connectivity index (χ4v) is 1.97. The van der Waals surface area contributed by atoms with Crippen molar-refractivity contribution in [1.29, 1.82) is 0 Å². The summed E-state index contributed by atoms with van der Waals surface area (Å²) < 4.78 is 40.5. The highest BCUT2D eigenvalue weighted by Crippen LogP contribution is 2.22. The summed E-state index contributed by atoms with van der Waals surface area (Å²) in [6.07, 6.45) is 0. The molecule has 0 bridgehead atoms. The molecule has 2 aromatic carbocycles. The van der Waals surface area contributed by atoms with E-state index in [-0.39, 0.29) is 22.3 Å². The van der Waals surface area contributed by atoms with Gasteiger partial charge in [-0.05, 0) is 12.1 Å². The summed E-state index contributed by atoms with van der Waals surface area (Å²) in [6.45, 7) is 0. The Balaban J connectivity index is 2.27. The van der Waals surface area contributed by atoms with E-state index in [9.17, 15) is 18.0 Å². The maximum absolute atomic E-state index is 13.3. The molecule has 21 heavy (non-hydrogen) atoms. The molecule has 0 fully saturated rings. The van der Waals surface area contributed by atoms with Gasteiger partial charge in [-0.15, -0.1) is 5.10 Å². The van der Waals surface area contributed by atoms with Crippen LogP contribution in [-0.4, -0.2) is 26.1 Å². The van der Waals surface area contributed by atoms with Crippen molar-refractivity contribution in [3.63, 3.8) is 0 Å². The number of rotatable bonds is 2. The number of carboxylic acids is 1. The Morgan fingerprint density at radius 2 is 1.81 bits per heavy atom. The van der Waals surface area contributed by atoms with E-state index in [1.807, 2.05) is 0 Å². The van der Waals surface area contributed by atoms with Crippen molar-refractivity contribution in [3.05, 3.63) is 53.3 Å². The van der Waals surface area contributed by atoms with Crippen LogP contribution in [0.2, 0.25) is 0 Å². The van der Waals surface area contributed by atoms with E-state index < -0.39 is 23.4 Å². The smallest absolute Gasteiger partial charge is 0.338 e. The summed E-state index contributed by atoms with van der Waals surface area (Å²) in [4.78, 5) is 11.1. The van der Waals surface area contributed by atoms with Crippen LogP contribution in [-0.2, 0) is 0 Å². The fourth-order valence-electron chi connectivity index (χ4n) is 1.97. The molecule has 0 saturated heterocycles. The van der Waals surface area contributed by atoms with E-state index in [2.05, 4.69) is 10.3 Å². The quantitative estimate of drug-likeness (QED) is 0.737. The molecule has 1 heterocycles. The van der Waals surface area contributed by atoms with Crippen molar-refractivity contribution in [1.82, 2.24) is 15.0 Å². The Morgan fingerprint density at radius 1 is 1.14 bits per heavy atom. The van der Waals surface area contributed by atoms with Gasteiger partial charge in [0.05, 0.1) is 16.8 Å². The fraction of sp³-hybridized carbons (Fsp3) is 0. The van der Waals surface area contributed by atoms with Gasteiger partial charge in [-0.3, -0.25) is 0 Å². The normalized spacial score (nSPS) is 11.0. The minimum atomic E-state index is -1.59. The van der Waals surface area contributed by atoms with E-state index in [0.717, 1.165) is 16.8 Å². The number of halogens is 3. The van der Waals surface area contributed by atoms with Gasteiger partial charge in [0.2, 0.25) is 0 Å². The molecule has 5 nitrogen and oxygen atoms in total. The number of hydrogen-bond donors (Lipinski definition) is 1.